The first-order valence-electron chi connectivity index (χ1n) is 10.2. The topological polar surface area (TPSA) is 47.6 Å². The van der Waals surface area contributed by atoms with Gasteiger partial charge in [0.05, 0.1) is 13.2 Å². The van der Waals surface area contributed by atoms with Crippen molar-refractivity contribution >= 4 is 17.7 Å². The second-order valence-electron chi connectivity index (χ2n) is 6.79. The van der Waals surface area contributed by atoms with Gasteiger partial charge in [-0.05, 0) is 61.2 Å². The van der Waals surface area contributed by atoms with Crippen LogP contribution in [0.2, 0.25) is 0 Å². The first-order chi connectivity index (χ1) is 14.7. The van der Waals surface area contributed by atoms with Crippen molar-refractivity contribution in [2.45, 2.75) is 19.8 Å². The lowest BCUT2D eigenvalue weighted by atomic mass is 10.1. The first-order valence-corrected chi connectivity index (χ1v) is 10.2. The van der Waals surface area contributed by atoms with Crippen molar-refractivity contribution < 1.29 is 14.3 Å². The maximum absolute atomic E-state index is 12.2. The summed E-state index contributed by atoms with van der Waals surface area (Å²) in [6.07, 6.45) is 5.21. The number of benzene rings is 3. The number of aryl methyl sites for hydroxylation is 1. The van der Waals surface area contributed by atoms with Gasteiger partial charge in [0.2, 0.25) is 5.91 Å². The molecule has 0 aliphatic carbocycles. The zero-order chi connectivity index (χ0) is 21.0. The Labute approximate surface area is 178 Å². The van der Waals surface area contributed by atoms with E-state index in [-0.39, 0.29) is 5.91 Å². The zero-order valence-electron chi connectivity index (χ0n) is 17.2. The molecule has 0 radical (unpaired) electrons. The van der Waals surface area contributed by atoms with E-state index >= 15 is 0 Å². The Kier molecular flexibility index (Phi) is 8.10. The van der Waals surface area contributed by atoms with Gasteiger partial charge in [-0.15, -0.1) is 0 Å². The minimum absolute atomic E-state index is 0.190. The number of carbonyl (C=O) groups excluding carboxylic acids is 1. The molecule has 0 saturated heterocycles. The first kappa shape index (κ1) is 21.2. The smallest absolute Gasteiger partial charge is 0.248 e. The minimum atomic E-state index is -0.190. The van der Waals surface area contributed by atoms with Gasteiger partial charge in [0.25, 0.3) is 0 Å². The van der Waals surface area contributed by atoms with E-state index in [1.807, 2.05) is 73.7 Å². The lowest BCUT2D eigenvalue weighted by molar-refractivity contribution is -0.111. The molecule has 0 fully saturated rings. The molecule has 4 heteroatoms. The molecule has 0 saturated carbocycles. The second kappa shape index (κ2) is 11.5. The Balaban J connectivity index is 1.46. The minimum Gasteiger partial charge on any atom is -0.494 e. The highest BCUT2D eigenvalue weighted by Gasteiger charge is 2.01. The fourth-order valence-corrected chi connectivity index (χ4v) is 2.97. The highest BCUT2D eigenvalue weighted by molar-refractivity contribution is 6.02. The standard InChI is InChI=1S/C26H27NO3/c1-2-29-24-16-13-22(14-17-24)15-18-26(28)27-23-11-6-12-25(20-23)30-19-7-10-21-8-4-3-5-9-21/h3-6,8-9,11-18,20H,2,7,10,19H2,1H3,(H,27,28)/b18-15+. The van der Waals surface area contributed by atoms with Crippen molar-refractivity contribution in [3.05, 3.63) is 96.1 Å². The van der Waals surface area contributed by atoms with Crippen molar-refractivity contribution in [1.29, 1.82) is 0 Å². The van der Waals surface area contributed by atoms with Gasteiger partial charge in [0, 0.05) is 17.8 Å². The summed E-state index contributed by atoms with van der Waals surface area (Å²) < 4.78 is 11.2. The molecule has 0 aliphatic heterocycles. The van der Waals surface area contributed by atoms with Crippen LogP contribution in [0.4, 0.5) is 5.69 Å². The predicted molar refractivity (Wildman–Crippen MR) is 122 cm³/mol. The number of rotatable bonds is 10. The fourth-order valence-electron chi connectivity index (χ4n) is 2.97. The van der Waals surface area contributed by atoms with E-state index in [1.54, 1.807) is 6.08 Å². The predicted octanol–water partition coefficient (Wildman–Crippen LogP) is 5.75. The number of nitrogens with one attached hydrogen (secondary N) is 1. The van der Waals surface area contributed by atoms with Crippen LogP contribution in [-0.2, 0) is 11.2 Å². The lowest BCUT2D eigenvalue weighted by Crippen LogP contribution is -2.08. The summed E-state index contributed by atoms with van der Waals surface area (Å²) in [5.41, 5.74) is 2.95. The molecule has 0 bridgehead atoms. The second-order valence-corrected chi connectivity index (χ2v) is 6.79. The van der Waals surface area contributed by atoms with Crippen LogP contribution in [0.3, 0.4) is 0 Å². The number of hydrogen-bond acceptors (Lipinski definition) is 3. The van der Waals surface area contributed by atoms with Gasteiger partial charge < -0.3 is 14.8 Å². The van der Waals surface area contributed by atoms with Gasteiger partial charge >= 0.3 is 0 Å². The summed E-state index contributed by atoms with van der Waals surface area (Å²) in [5, 5.41) is 2.87. The lowest BCUT2D eigenvalue weighted by Gasteiger charge is -2.08. The molecule has 30 heavy (non-hydrogen) atoms. The maximum atomic E-state index is 12.2. The number of amides is 1. The van der Waals surface area contributed by atoms with E-state index in [9.17, 15) is 4.79 Å². The molecule has 3 aromatic rings. The fraction of sp³-hybridized carbons (Fsp3) is 0.192. The summed E-state index contributed by atoms with van der Waals surface area (Å²) in [5.74, 6) is 1.38. The van der Waals surface area contributed by atoms with Gasteiger partial charge in [-0.25, -0.2) is 0 Å². The molecular formula is C26H27NO3. The quantitative estimate of drug-likeness (QED) is 0.348. The molecule has 0 heterocycles. The van der Waals surface area contributed by atoms with E-state index in [0.717, 1.165) is 29.9 Å². The molecule has 0 spiro atoms. The summed E-state index contributed by atoms with van der Waals surface area (Å²) in [6, 6.07) is 25.4. The number of hydrogen-bond donors (Lipinski definition) is 1. The number of anilines is 1. The number of carbonyl (C=O) groups is 1. The van der Waals surface area contributed by atoms with Crippen molar-refractivity contribution in [2.75, 3.05) is 18.5 Å². The van der Waals surface area contributed by atoms with Gasteiger partial charge in [0.15, 0.2) is 0 Å². The van der Waals surface area contributed by atoms with E-state index in [0.29, 0.717) is 18.9 Å². The molecule has 0 atom stereocenters. The van der Waals surface area contributed by atoms with Crippen LogP contribution >= 0.6 is 0 Å². The van der Waals surface area contributed by atoms with Crippen molar-refractivity contribution in [3.8, 4) is 11.5 Å². The third-order valence-electron chi connectivity index (χ3n) is 4.44. The largest absolute Gasteiger partial charge is 0.494 e. The van der Waals surface area contributed by atoms with Gasteiger partial charge in [0.1, 0.15) is 11.5 Å². The van der Waals surface area contributed by atoms with Gasteiger partial charge in [-0.2, -0.15) is 0 Å². The molecule has 154 valence electrons. The normalized spacial score (nSPS) is 10.7. The molecular weight excluding hydrogens is 374 g/mol. The highest BCUT2D eigenvalue weighted by Crippen LogP contribution is 2.18. The Morgan fingerprint density at radius 3 is 2.47 bits per heavy atom. The zero-order valence-corrected chi connectivity index (χ0v) is 17.2. The maximum Gasteiger partial charge on any atom is 0.248 e. The third kappa shape index (κ3) is 7.13. The van der Waals surface area contributed by atoms with Crippen LogP contribution in [0.1, 0.15) is 24.5 Å². The Hall–Kier alpha value is -3.53. The molecule has 1 amide bonds. The summed E-state index contributed by atoms with van der Waals surface area (Å²) in [7, 11) is 0. The molecule has 3 aromatic carbocycles. The third-order valence-corrected chi connectivity index (χ3v) is 4.44. The van der Waals surface area contributed by atoms with Crippen LogP contribution in [0.25, 0.3) is 6.08 Å². The van der Waals surface area contributed by atoms with Crippen molar-refractivity contribution in [1.82, 2.24) is 0 Å². The average molecular weight is 402 g/mol. The van der Waals surface area contributed by atoms with Crippen LogP contribution < -0.4 is 14.8 Å². The Morgan fingerprint density at radius 2 is 1.70 bits per heavy atom. The summed E-state index contributed by atoms with van der Waals surface area (Å²) in [4.78, 5) is 12.2. The van der Waals surface area contributed by atoms with E-state index in [1.165, 1.54) is 11.6 Å². The number of ether oxygens (including phenoxy) is 2. The van der Waals surface area contributed by atoms with Crippen molar-refractivity contribution in [3.63, 3.8) is 0 Å². The van der Waals surface area contributed by atoms with Crippen molar-refractivity contribution in [2.24, 2.45) is 0 Å². The SMILES string of the molecule is CCOc1ccc(/C=C/C(=O)Nc2cccc(OCCCc3ccccc3)c2)cc1. The van der Waals surface area contributed by atoms with Crippen LogP contribution in [0.15, 0.2) is 84.9 Å². The van der Waals surface area contributed by atoms with Crippen LogP contribution in [0.5, 0.6) is 11.5 Å². The van der Waals surface area contributed by atoms with E-state index in [4.69, 9.17) is 9.47 Å². The van der Waals surface area contributed by atoms with E-state index < -0.39 is 0 Å². The van der Waals surface area contributed by atoms with Gasteiger partial charge in [-0.3, -0.25) is 4.79 Å². The average Bonchev–Trinajstić information content (AvgIpc) is 2.77. The molecule has 1 N–H and O–H groups in total. The molecule has 3 rings (SSSR count). The molecule has 0 aliphatic rings. The monoisotopic (exact) mass is 401 g/mol. The van der Waals surface area contributed by atoms with Crippen LogP contribution in [-0.4, -0.2) is 19.1 Å². The molecule has 0 unspecified atom stereocenters. The summed E-state index contributed by atoms with van der Waals surface area (Å²) >= 11 is 0. The highest BCUT2D eigenvalue weighted by atomic mass is 16.5. The van der Waals surface area contributed by atoms with E-state index in [2.05, 4.69) is 17.4 Å². The molecule has 4 nitrogen and oxygen atoms in total. The Bertz CT molecular complexity index is 950. The van der Waals surface area contributed by atoms with Crippen LogP contribution in [0, 0.1) is 0 Å². The Morgan fingerprint density at radius 1 is 0.900 bits per heavy atom. The molecule has 0 aromatic heterocycles. The van der Waals surface area contributed by atoms with Gasteiger partial charge in [-0.1, -0.05) is 48.5 Å². The summed E-state index contributed by atoms with van der Waals surface area (Å²) in [6.45, 7) is 3.21.